The third-order valence-electron chi connectivity index (χ3n) is 2.59. The molecule has 23 heavy (non-hydrogen) atoms. The van der Waals surface area contributed by atoms with Crippen molar-refractivity contribution in [2.24, 2.45) is 0 Å². The summed E-state index contributed by atoms with van der Waals surface area (Å²) in [6.07, 6.45) is 1.13. The first-order valence-electron chi connectivity index (χ1n) is 6.11. The van der Waals surface area contributed by atoms with Gasteiger partial charge in [-0.25, -0.2) is 14.2 Å². The highest BCUT2D eigenvalue weighted by atomic mass is 35.5. The lowest BCUT2D eigenvalue weighted by molar-refractivity contribution is -0.119. The SMILES string of the molecule is O=C(COC(=O)c1ncc(Cl)c(Cl)c1Cl)Nc1ccccc1F. The summed E-state index contributed by atoms with van der Waals surface area (Å²) in [5.41, 5.74) is -0.306. The van der Waals surface area contributed by atoms with E-state index in [9.17, 15) is 14.0 Å². The number of para-hydroxylation sites is 1. The van der Waals surface area contributed by atoms with Gasteiger partial charge in [-0.05, 0) is 12.1 Å². The zero-order valence-corrected chi connectivity index (χ0v) is 13.5. The molecule has 1 heterocycles. The van der Waals surface area contributed by atoms with Crippen molar-refractivity contribution in [1.29, 1.82) is 0 Å². The van der Waals surface area contributed by atoms with Gasteiger partial charge < -0.3 is 10.1 Å². The molecule has 0 radical (unpaired) electrons. The topological polar surface area (TPSA) is 68.3 Å². The summed E-state index contributed by atoms with van der Waals surface area (Å²) in [4.78, 5) is 27.2. The normalized spacial score (nSPS) is 10.3. The molecule has 5 nitrogen and oxygen atoms in total. The molecule has 0 unspecified atom stereocenters. The molecule has 1 amide bonds. The van der Waals surface area contributed by atoms with Crippen LogP contribution in [0, 0.1) is 5.82 Å². The Balaban J connectivity index is 1.98. The number of benzene rings is 1. The summed E-state index contributed by atoms with van der Waals surface area (Å²) in [5, 5.41) is 2.10. The number of hydrogen-bond donors (Lipinski definition) is 1. The lowest BCUT2D eigenvalue weighted by Gasteiger charge is -2.08. The molecule has 1 aromatic heterocycles. The van der Waals surface area contributed by atoms with Crippen molar-refractivity contribution in [2.45, 2.75) is 0 Å². The van der Waals surface area contributed by atoms with E-state index in [2.05, 4.69) is 10.3 Å². The van der Waals surface area contributed by atoms with E-state index in [0.717, 1.165) is 6.20 Å². The average Bonchev–Trinajstić information content (AvgIpc) is 2.53. The van der Waals surface area contributed by atoms with Crippen molar-refractivity contribution < 1.29 is 18.7 Å². The average molecular weight is 378 g/mol. The maximum Gasteiger partial charge on any atom is 0.359 e. The number of ether oxygens (including phenoxy) is 1. The van der Waals surface area contributed by atoms with Crippen molar-refractivity contribution in [2.75, 3.05) is 11.9 Å². The number of aromatic nitrogens is 1. The van der Waals surface area contributed by atoms with Gasteiger partial charge in [0.05, 0.1) is 20.8 Å². The smallest absolute Gasteiger partial charge is 0.359 e. The molecule has 2 rings (SSSR count). The first-order chi connectivity index (χ1) is 10.9. The number of anilines is 1. The molecule has 0 fully saturated rings. The summed E-state index contributed by atoms with van der Waals surface area (Å²) >= 11 is 17.3. The largest absolute Gasteiger partial charge is 0.451 e. The minimum atomic E-state index is -0.961. The van der Waals surface area contributed by atoms with Crippen molar-refractivity contribution in [3.63, 3.8) is 0 Å². The fraction of sp³-hybridized carbons (Fsp3) is 0.0714. The summed E-state index contributed by atoms with van der Waals surface area (Å²) in [6, 6.07) is 5.57. The van der Waals surface area contributed by atoms with Crippen LogP contribution in [0.5, 0.6) is 0 Å². The Morgan fingerprint density at radius 3 is 2.57 bits per heavy atom. The van der Waals surface area contributed by atoms with E-state index >= 15 is 0 Å². The third-order valence-corrected chi connectivity index (χ3v) is 3.83. The van der Waals surface area contributed by atoms with Crippen LogP contribution in [0.2, 0.25) is 15.1 Å². The number of halogens is 4. The molecule has 0 spiro atoms. The Morgan fingerprint density at radius 1 is 1.17 bits per heavy atom. The third kappa shape index (κ3) is 4.31. The van der Waals surface area contributed by atoms with Gasteiger partial charge in [-0.2, -0.15) is 0 Å². The lowest BCUT2D eigenvalue weighted by atomic mass is 10.3. The van der Waals surface area contributed by atoms with E-state index in [1.807, 2.05) is 0 Å². The Morgan fingerprint density at radius 2 is 1.87 bits per heavy atom. The van der Waals surface area contributed by atoms with Crippen LogP contribution >= 0.6 is 34.8 Å². The lowest BCUT2D eigenvalue weighted by Crippen LogP contribution is -2.22. The van der Waals surface area contributed by atoms with E-state index in [4.69, 9.17) is 39.5 Å². The molecule has 120 valence electrons. The van der Waals surface area contributed by atoms with Crippen molar-refractivity contribution in [3.05, 3.63) is 57.0 Å². The van der Waals surface area contributed by atoms with Gasteiger partial charge >= 0.3 is 5.97 Å². The van der Waals surface area contributed by atoms with Crippen LogP contribution in [0.15, 0.2) is 30.5 Å². The van der Waals surface area contributed by atoms with Gasteiger partial charge in [0.15, 0.2) is 12.3 Å². The van der Waals surface area contributed by atoms with E-state index in [1.54, 1.807) is 6.07 Å². The van der Waals surface area contributed by atoms with Crippen molar-refractivity contribution in [3.8, 4) is 0 Å². The Bertz CT molecular complexity index is 771. The summed E-state index contributed by atoms with van der Waals surface area (Å²) < 4.78 is 18.1. The second-order valence-electron chi connectivity index (χ2n) is 4.19. The molecular formula is C14H8Cl3FN2O3. The Kier molecular flexibility index (Phi) is 5.76. The van der Waals surface area contributed by atoms with Crippen LogP contribution < -0.4 is 5.32 Å². The maximum absolute atomic E-state index is 13.4. The van der Waals surface area contributed by atoms with E-state index in [-0.39, 0.29) is 26.4 Å². The second-order valence-corrected chi connectivity index (χ2v) is 5.35. The van der Waals surface area contributed by atoms with E-state index < -0.39 is 24.3 Å². The van der Waals surface area contributed by atoms with Gasteiger partial charge in [0, 0.05) is 6.20 Å². The first-order valence-corrected chi connectivity index (χ1v) is 7.24. The molecule has 1 N–H and O–H groups in total. The Hall–Kier alpha value is -1.89. The molecule has 0 saturated heterocycles. The molecule has 0 aliphatic carbocycles. The second kappa shape index (κ2) is 7.59. The Labute approximate surface area is 145 Å². The molecule has 0 aliphatic rings. The zero-order valence-electron chi connectivity index (χ0n) is 11.3. The number of carbonyl (C=O) groups is 2. The van der Waals surface area contributed by atoms with Gasteiger partial charge in [-0.1, -0.05) is 46.9 Å². The summed E-state index contributed by atoms with van der Waals surface area (Å²) in [6.45, 7) is -0.647. The molecule has 9 heteroatoms. The van der Waals surface area contributed by atoms with Crippen molar-refractivity contribution >= 4 is 52.4 Å². The standard InChI is InChI=1S/C14H8Cl3FN2O3/c15-7-5-19-13(12(17)11(7)16)14(22)23-6-10(21)20-9-4-2-1-3-8(9)18/h1-5H,6H2,(H,20,21). The summed E-state index contributed by atoms with van der Waals surface area (Å²) in [5.74, 6) is -2.29. The first kappa shape index (κ1) is 17.5. The van der Waals surface area contributed by atoms with Crippen LogP contribution in [0.1, 0.15) is 10.5 Å². The molecule has 2 aromatic rings. The number of esters is 1. The monoisotopic (exact) mass is 376 g/mol. The number of amides is 1. The number of pyridine rings is 1. The van der Waals surface area contributed by atoms with Crippen LogP contribution in [-0.4, -0.2) is 23.5 Å². The highest BCUT2D eigenvalue weighted by molar-refractivity contribution is 6.48. The minimum absolute atomic E-state index is 0.0285. The molecule has 0 bridgehead atoms. The number of nitrogens with one attached hydrogen (secondary N) is 1. The maximum atomic E-state index is 13.4. The highest BCUT2D eigenvalue weighted by Gasteiger charge is 2.19. The fourth-order valence-electron chi connectivity index (χ4n) is 1.53. The number of hydrogen-bond acceptors (Lipinski definition) is 4. The molecule has 1 aromatic carbocycles. The predicted molar refractivity (Wildman–Crippen MR) is 84.6 cm³/mol. The van der Waals surface area contributed by atoms with E-state index in [1.165, 1.54) is 18.2 Å². The highest BCUT2D eigenvalue weighted by Crippen LogP contribution is 2.31. The van der Waals surface area contributed by atoms with Gasteiger partial charge in [0.25, 0.3) is 5.91 Å². The zero-order chi connectivity index (χ0) is 17.0. The van der Waals surface area contributed by atoms with Gasteiger partial charge in [-0.15, -0.1) is 0 Å². The van der Waals surface area contributed by atoms with Crippen molar-refractivity contribution in [1.82, 2.24) is 4.98 Å². The quantitative estimate of drug-likeness (QED) is 0.819. The number of rotatable bonds is 4. The van der Waals surface area contributed by atoms with Crippen LogP contribution in [0.25, 0.3) is 0 Å². The molecule has 0 aliphatic heterocycles. The predicted octanol–water partition coefficient (Wildman–Crippen LogP) is 3.98. The minimum Gasteiger partial charge on any atom is -0.451 e. The molecular weight excluding hydrogens is 370 g/mol. The molecule has 0 atom stereocenters. The van der Waals surface area contributed by atoms with Crippen LogP contribution in [-0.2, 0) is 9.53 Å². The number of carbonyl (C=O) groups excluding carboxylic acids is 2. The van der Waals surface area contributed by atoms with Gasteiger partial charge in [0.1, 0.15) is 5.82 Å². The van der Waals surface area contributed by atoms with Gasteiger partial charge in [-0.3, -0.25) is 4.79 Å². The van der Waals surface area contributed by atoms with Crippen LogP contribution in [0.3, 0.4) is 0 Å². The fourth-order valence-corrected chi connectivity index (χ4v) is 2.09. The van der Waals surface area contributed by atoms with E-state index in [0.29, 0.717) is 0 Å². The van der Waals surface area contributed by atoms with Crippen LogP contribution in [0.4, 0.5) is 10.1 Å². The summed E-state index contributed by atoms with van der Waals surface area (Å²) in [7, 11) is 0. The molecule has 0 saturated carbocycles. The number of nitrogens with zero attached hydrogens (tertiary/aromatic N) is 1. The van der Waals surface area contributed by atoms with Gasteiger partial charge in [0.2, 0.25) is 0 Å².